The quantitative estimate of drug-likeness (QED) is 0.750. The van der Waals surface area contributed by atoms with Gasteiger partial charge in [-0.25, -0.2) is 4.79 Å². The molecule has 0 aliphatic carbocycles. The Morgan fingerprint density at radius 1 is 0.926 bits per heavy atom. The van der Waals surface area contributed by atoms with E-state index in [0.717, 1.165) is 35.7 Å². The molecule has 6 heteroatoms. The molecule has 1 aliphatic rings. The summed E-state index contributed by atoms with van der Waals surface area (Å²) in [5, 5.41) is 8.48. The van der Waals surface area contributed by atoms with Crippen LogP contribution in [-0.2, 0) is 11.3 Å². The number of rotatable bonds is 5. The summed E-state index contributed by atoms with van der Waals surface area (Å²) in [7, 11) is 0. The van der Waals surface area contributed by atoms with Gasteiger partial charge in [0.05, 0.1) is 0 Å². The Labute approximate surface area is 159 Å². The Balaban J connectivity index is 1.54. The summed E-state index contributed by atoms with van der Waals surface area (Å²) < 4.78 is 0. The lowest BCUT2D eigenvalue weighted by atomic mass is 10.1. The van der Waals surface area contributed by atoms with Crippen molar-refractivity contribution in [3.8, 4) is 0 Å². The third kappa shape index (κ3) is 5.74. The molecule has 6 nitrogen and oxygen atoms in total. The first-order valence-electron chi connectivity index (χ1n) is 9.36. The molecule has 2 aromatic carbocycles. The molecule has 0 atom stereocenters. The molecule has 0 unspecified atom stereocenters. The molecule has 0 radical (unpaired) electrons. The molecule has 1 heterocycles. The van der Waals surface area contributed by atoms with E-state index in [-0.39, 0.29) is 11.9 Å². The third-order valence-corrected chi connectivity index (χ3v) is 4.53. The number of carbonyl (C=O) groups is 2. The lowest BCUT2D eigenvalue weighted by Crippen LogP contribution is -2.30. The van der Waals surface area contributed by atoms with E-state index in [1.807, 2.05) is 42.5 Å². The van der Waals surface area contributed by atoms with E-state index < -0.39 is 0 Å². The Morgan fingerprint density at radius 2 is 1.63 bits per heavy atom. The second kappa shape index (κ2) is 9.07. The van der Waals surface area contributed by atoms with Crippen LogP contribution in [0.2, 0.25) is 0 Å². The van der Waals surface area contributed by atoms with E-state index in [2.05, 4.69) is 26.9 Å². The molecule has 2 aromatic rings. The van der Waals surface area contributed by atoms with E-state index in [1.54, 1.807) is 0 Å². The van der Waals surface area contributed by atoms with Crippen molar-refractivity contribution in [2.75, 3.05) is 28.6 Å². The summed E-state index contributed by atoms with van der Waals surface area (Å²) in [5.41, 5.74) is 3.56. The van der Waals surface area contributed by atoms with Gasteiger partial charge in [-0.05, 0) is 55.2 Å². The van der Waals surface area contributed by atoms with Crippen molar-refractivity contribution in [1.29, 1.82) is 0 Å². The highest BCUT2D eigenvalue weighted by Gasteiger charge is 2.11. The average molecular weight is 366 g/mol. The van der Waals surface area contributed by atoms with Gasteiger partial charge >= 0.3 is 6.03 Å². The Morgan fingerprint density at radius 3 is 2.37 bits per heavy atom. The van der Waals surface area contributed by atoms with Crippen molar-refractivity contribution in [3.05, 3.63) is 54.1 Å². The van der Waals surface area contributed by atoms with E-state index in [4.69, 9.17) is 0 Å². The van der Waals surface area contributed by atoms with Crippen molar-refractivity contribution in [3.63, 3.8) is 0 Å². The molecular formula is C21H26N4O2. The van der Waals surface area contributed by atoms with Crippen molar-refractivity contribution in [1.82, 2.24) is 5.32 Å². The molecule has 27 heavy (non-hydrogen) atoms. The third-order valence-electron chi connectivity index (χ3n) is 4.53. The summed E-state index contributed by atoms with van der Waals surface area (Å²) >= 11 is 0. The van der Waals surface area contributed by atoms with Crippen molar-refractivity contribution >= 4 is 29.0 Å². The molecule has 142 valence electrons. The van der Waals surface area contributed by atoms with Crippen molar-refractivity contribution in [2.24, 2.45) is 0 Å². The number of anilines is 3. The van der Waals surface area contributed by atoms with Crippen LogP contribution in [0.4, 0.5) is 21.9 Å². The van der Waals surface area contributed by atoms with Crippen molar-refractivity contribution < 1.29 is 9.59 Å². The van der Waals surface area contributed by atoms with Gasteiger partial charge in [0.1, 0.15) is 0 Å². The van der Waals surface area contributed by atoms with Gasteiger partial charge in [-0.2, -0.15) is 0 Å². The van der Waals surface area contributed by atoms with Gasteiger partial charge in [0.25, 0.3) is 0 Å². The second-order valence-corrected chi connectivity index (χ2v) is 6.79. The SMILES string of the molecule is CC(=O)Nc1cccc(CNC(=O)Nc2cccc(N3CCCCC3)c2)c1. The van der Waals surface area contributed by atoms with Gasteiger partial charge in [-0.15, -0.1) is 0 Å². The number of benzene rings is 2. The molecule has 3 N–H and O–H groups in total. The first-order chi connectivity index (χ1) is 13.1. The van der Waals surface area contributed by atoms with Crippen LogP contribution in [0.1, 0.15) is 31.7 Å². The minimum absolute atomic E-state index is 0.119. The summed E-state index contributed by atoms with van der Waals surface area (Å²) in [6.45, 7) is 3.99. The van der Waals surface area contributed by atoms with Gasteiger partial charge in [-0.1, -0.05) is 18.2 Å². The first-order valence-corrected chi connectivity index (χ1v) is 9.36. The monoisotopic (exact) mass is 366 g/mol. The molecule has 1 aliphatic heterocycles. The number of hydrogen-bond acceptors (Lipinski definition) is 3. The van der Waals surface area contributed by atoms with Crippen LogP contribution in [0.25, 0.3) is 0 Å². The van der Waals surface area contributed by atoms with E-state index >= 15 is 0 Å². The van der Waals surface area contributed by atoms with Crippen molar-refractivity contribution in [2.45, 2.75) is 32.7 Å². The zero-order chi connectivity index (χ0) is 19.1. The van der Waals surface area contributed by atoms with Gasteiger partial charge in [0.2, 0.25) is 5.91 Å². The van der Waals surface area contributed by atoms with E-state index in [1.165, 1.54) is 26.2 Å². The number of piperidine rings is 1. The number of nitrogens with one attached hydrogen (secondary N) is 3. The van der Waals surface area contributed by atoms with Gasteiger partial charge < -0.3 is 20.9 Å². The molecule has 3 rings (SSSR count). The van der Waals surface area contributed by atoms with Crippen LogP contribution in [0.3, 0.4) is 0 Å². The standard InChI is InChI=1S/C21H26N4O2/c1-16(26)23-18-8-5-7-17(13-18)15-22-21(27)24-19-9-6-10-20(14-19)25-11-3-2-4-12-25/h5-10,13-14H,2-4,11-12,15H2,1H3,(H,23,26)(H2,22,24,27). The molecule has 1 fully saturated rings. The predicted molar refractivity (Wildman–Crippen MR) is 109 cm³/mol. The molecule has 1 saturated heterocycles. The van der Waals surface area contributed by atoms with E-state index in [9.17, 15) is 9.59 Å². The Kier molecular flexibility index (Phi) is 6.30. The Bertz CT molecular complexity index is 800. The zero-order valence-electron chi connectivity index (χ0n) is 15.6. The largest absolute Gasteiger partial charge is 0.371 e. The molecular weight excluding hydrogens is 340 g/mol. The topological polar surface area (TPSA) is 73.5 Å². The van der Waals surface area contributed by atoms with Crippen LogP contribution < -0.4 is 20.9 Å². The number of nitrogens with zero attached hydrogens (tertiary/aromatic N) is 1. The highest BCUT2D eigenvalue weighted by Crippen LogP contribution is 2.23. The highest BCUT2D eigenvalue weighted by molar-refractivity contribution is 5.90. The van der Waals surface area contributed by atoms with Crippen LogP contribution >= 0.6 is 0 Å². The fraction of sp³-hybridized carbons (Fsp3) is 0.333. The predicted octanol–water partition coefficient (Wildman–Crippen LogP) is 3.96. The maximum Gasteiger partial charge on any atom is 0.319 e. The first kappa shape index (κ1) is 18.8. The normalized spacial score (nSPS) is 13.7. The number of hydrogen-bond donors (Lipinski definition) is 3. The molecule has 3 amide bonds. The molecule has 0 aromatic heterocycles. The summed E-state index contributed by atoms with van der Waals surface area (Å²) in [6, 6.07) is 15.1. The van der Waals surface area contributed by atoms with Gasteiger partial charge in [0, 0.05) is 43.6 Å². The minimum Gasteiger partial charge on any atom is -0.371 e. The van der Waals surface area contributed by atoms with Crippen LogP contribution in [0, 0.1) is 0 Å². The Hall–Kier alpha value is -3.02. The van der Waals surface area contributed by atoms with Crippen LogP contribution in [0.5, 0.6) is 0 Å². The zero-order valence-corrected chi connectivity index (χ0v) is 15.6. The summed E-state index contributed by atoms with van der Waals surface area (Å²) in [5.74, 6) is -0.119. The lowest BCUT2D eigenvalue weighted by Gasteiger charge is -2.29. The molecule has 0 spiro atoms. The molecule has 0 bridgehead atoms. The maximum absolute atomic E-state index is 12.2. The van der Waals surface area contributed by atoms with Gasteiger partial charge in [0.15, 0.2) is 0 Å². The lowest BCUT2D eigenvalue weighted by molar-refractivity contribution is -0.114. The summed E-state index contributed by atoms with van der Waals surface area (Å²) in [4.78, 5) is 25.7. The van der Waals surface area contributed by atoms with Crippen LogP contribution in [-0.4, -0.2) is 25.0 Å². The number of urea groups is 1. The highest BCUT2D eigenvalue weighted by atomic mass is 16.2. The minimum atomic E-state index is -0.254. The van der Waals surface area contributed by atoms with Crippen LogP contribution in [0.15, 0.2) is 48.5 Å². The fourth-order valence-corrected chi connectivity index (χ4v) is 3.25. The smallest absolute Gasteiger partial charge is 0.319 e. The number of carbonyl (C=O) groups excluding carboxylic acids is 2. The maximum atomic E-state index is 12.2. The number of amides is 3. The second-order valence-electron chi connectivity index (χ2n) is 6.79. The molecule has 0 saturated carbocycles. The average Bonchev–Trinajstić information content (AvgIpc) is 2.67. The fourth-order valence-electron chi connectivity index (χ4n) is 3.25. The van der Waals surface area contributed by atoms with Gasteiger partial charge in [-0.3, -0.25) is 4.79 Å². The van der Waals surface area contributed by atoms with E-state index in [0.29, 0.717) is 6.54 Å². The summed E-state index contributed by atoms with van der Waals surface area (Å²) in [6.07, 6.45) is 3.73.